The van der Waals surface area contributed by atoms with Gasteiger partial charge in [0.15, 0.2) is 5.88 Å². The Kier molecular flexibility index (Phi) is 12.5. The first-order valence-corrected chi connectivity index (χ1v) is 11.7. The van der Waals surface area contributed by atoms with Gasteiger partial charge in [0, 0.05) is 13.1 Å². The van der Waals surface area contributed by atoms with Gasteiger partial charge in [-0.2, -0.15) is 5.26 Å². The summed E-state index contributed by atoms with van der Waals surface area (Å²) in [6.07, 6.45) is 15.0. The fraction of sp³-hybridized carbons (Fsp3) is 0.833. The first-order chi connectivity index (χ1) is 14.0. The molecule has 0 aromatic rings. The lowest BCUT2D eigenvalue weighted by atomic mass is 10.0. The van der Waals surface area contributed by atoms with E-state index in [-0.39, 0.29) is 11.4 Å². The largest absolute Gasteiger partial charge is 0.477 e. The Balaban J connectivity index is 2.18. The van der Waals surface area contributed by atoms with Crippen molar-refractivity contribution in [2.45, 2.75) is 104 Å². The summed E-state index contributed by atoms with van der Waals surface area (Å²) in [6, 6.07) is 2.14. The highest BCUT2D eigenvalue weighted by atomic mass is 16.5. The van der Waals surface area contributed by atoms with Crippen LogP contribution in [0.25, 0.3) is 0 Å². The predicted octanol–water partition coefficient (Wildman–Crippen LogP) is 5.53. The lowest BCUT2D eigenvalue weighted by molar-refractivity contribution is -0.123. The number of rotatable bonds is 15. The molecule has 1 amide bonds. The van der Waals surface area contributed by atoms with Crippen LogP contribution in [0.5, 0.6) is 0 Å². The molecule has 0 aliphatic carbocycles. The average molecular weight is 406 g/mol. The number of carbonyl (C=O) groups excluding carboxylic acids is 1. The summed E-state index contributed by atoms with van der Waals surface area (Å²) >= 11 is 0. The van der Waals surface area contributed by atoms with Crippen molar-refractivity contribution in [3.8, 4) is 6.07 Å². The standard InChI is InChI=1S/C24H43N3O2/c1-5-7-8-9-10-11-12-13-14-15-18-26-23(28)21(19-25)16-17-22-27(6-2)24(3,4)20-29-22/h17,21H,5-16,18,20H2,1-4H3,(H,26,28). The van der Waals surface area contributed by atoms with Crippen LogP contribution < -0.4 is 5.32 Å². The van der Waals surface area contributed by atoms with Gasteiger partial charge in [-0.05, 0) is 39.7 Å². The highest BCUT2D eigenvalue weighted by Crippen LogP contribution is 2.29. The van der Waals surface area contributed by atoms with E-state index >= 15 is 0 Å². The number of carbonyl (C=O) groups is 1. The number of nitrogens with zero attached hydrogens (tertiary/aromatic N) is 2. The van der Waals surface area contributed by atoms with E-state index < -0.39 is 5.92 Å². The van der Waals surface area contributed by atoms with Gasteiger partial charge in [0.25, 0.3) is 0 Å². The zero-order valence-corrected chi connectivity index (χ0v) is 19.3. The third-order valence-electron chi connectivity index (χ3n) is 5.72. The van der Waals surface area contributed by atoms with Crippen molar-refractivity contribution < 1.29 is 9.53 Å². The Labute approximate surface area is 178 Å². The number of ether oxygens (including phenoxy) is 1. The van der Waals surface area contributed by atoms with E-state index in [1.54, 1.807) is 0 Å². The van der Waals surface area contributed by atoms with E-state index in [4.69, 9.17) is 4.74 Å². The molecular weight excluding hydrogens is 362 g/mol. The Hall–Kier alpha value is -1.70. The molecule has 0 saturated carbocycles. The number of unbranched alkanes of at least 4 members (excludes halogenated alkanes) is 9. The van der Waals surface area contributed by atoms with E-state index in [9.17, 15) is 10.1 Å². The average Bonchev–Trinajstić information content (AvgIpc) is 2.99. The molecule has 0 aromatic carbocycles. The van der Waals surface area contributed by atoms with Gasteiger partial charge in [-0.1, -0.05) is 64.7 Å². The number of allylic oxidation sites excluding steroid dienone is 1. The van der Waals surface area contributed by atoms with Crippen molar-refractivity contribution in [3.05, 3.63) is 12.0 Å². The molecule has 166 valence electrons. The second kappa shape index (κ2) is 14.3. The van der Waals surface area contributed by atoms with Crippen LogP contribution in [0.15, 0.2) is 12.0 Å². The van der Waals surface area contributed by atoms with Gasteiger partial charge >= 0.3 is 0 Å². The number of hydrogen-bond donors (Lipinski definition) is 1. The Morgan fingerprint density at radius 2 is 1.72 bits per heavy atom. The quantitative estimate of drug-likeness (QED) is 0.364. The first-order valence-electron chi connectivity index (χ1n) is 11.7. The Morgan fingerprint density at radius 1 is 1.14 bits per heavy atom. The van der Waals surface area contributed by atoms with Crippen molar-refractivity contribution >= 4 is 5.91 Å². The predicted molar refractivity (Wildman–Crippen MR) is 119 cm³/mol. The highest BCUT2D eigenvalue weighted by Gasteiger charge is 2.35. The van der Waals surface area contributed by atoms with E-state index in [2.05, 4.69) is 44.0 Å². The minimum absolute atomic E-state index is 0.0412. The molecule has 1 saturated heterocycles. The molecule has 1 aliphatic heterocycles. The van der Waals surface area contributed by atoms with E-state index in [0.717, 1.165) is 25.3 Å². The molecule has 1 heterocycles. The third-order valence-corrected chi connectivity index (χ3v) is 5.72. The molecule has 1 rings (SSSR count). The maximum atomic E-state index is 12.3. The smallest absolute Gasteiger partial charge is 0.237 e. The van der Waals surface area contributed by atoms with Crippen LogP contribution in [0, 0.1) is 17.2 Å². The fourth-order valence-electron chi connectivity index (χ4n) is 3.84. The van der Waals surface area contributed by atoms with E-state index in [1.807, 2.05) is 6.08 Å². The minimum Gasteiger partial charge on any atom is -0.477 e. The normalized spacial score (nSPS) is 17.8. The Bertz CT molecular complexity index is 537. The Morgan fingerprint density at radius 3 is 2.28 bits per heavy atom. The van der Waals surface area contributed by atoms with Gasteiger partial charge in [-0.15, -0.1) is 0 Å². The van der Waals surface area contributed by atoms with Gasteiger partial charge in [-0.25, -0.2) is 0 Å². The summed E-state index contributed by atoms with van der Waals surface area (Å²) in [5.74, 6) is -0.0301. The lowest BCUT2D eigenvalue weighted by Gasteiger charge is -2.29. The van der Waals surface area contributed by atoms with Crippen molar-refractivity contribution in [1.29, 1.82) is 5.26 Å². The number of nitrogens with one attached hydrogen (secondary N) is 1. The van der Waals surface area contributed by atoms with Crippen molar-refractivity contribution in [1.82, 2.24) is 10.2 Å². The zero-order valence-electron chi connectivity index (χ0n) is 19.3. The van der Waals surface area contributed by atoms with Gasteiger partial charge in [0.2, 0.25) is 5.91 Å². The van der Waals surface area contributed by atoms with Gasteiger partial charge in [0.1, 0.15) is 12.5 Å². The zero-order chi connectivity index (χ0) is 21.5. The summed E-state index contributed by atoms with van der Waals surface area (Å²) < 4.78 is 5.76. The van der Waals surface area contributed by atoms with Crippen molar-refractivity contribution in [2.24, 2.45) is 5.92 Å². The second-order valence-corrected chi connectivity index (χ2v) is 8.78. The van der Waals surface area contributed by atoms with Gasteiger partial charge in [-0.3, -0.25) is 4.79 Å². The second-order valence-electron chi connectivity index (χ2n) is 8.78. The fourth-order valence-corrected chi connectivity index (χ4v) is 3.84. The number of amides is 1. The molecule has 29 heavy (non-hydrogen) atoms. The molecule has 1 unspecified atom stereocenters. The van der Waals surface area contributed by atoms with Gasteiger partial charge < -0.3 is 15.0 Å². The van der Waals surface area contributed by atoms with Crippen LogP contribution in [0.3, 0.4) is 0 Å². The van der Waals surface area contributed by atoms with Crippen molar-refractivity contribution in [3.63, 3.8) is 0 Å². The molecule has 1 N–H and O–H groups in total. The SMILES string of the molecule is CCCCCCCCCCCCNC(=O)C(C#N)CC=C1OCC(C)(C)N1CC. The maximum Gasteiger partial charge on any atom is 0.237 e. The van der Waals surface area contributed by atoms with Gasteiger partial charge in [0.05, 0.1) is 11.6 Å². The summed E-state index contributed by atoms with van der Waals surface area (Å²) in [7, 11) is 0. The van der Waals surface area contributed by atoms with Crippen LogP contribution in [0.4, 0.5) is 0 Å². The van der Waals surface area contributed by atoms with Crippen LogP contribution in [0.2, 0.25) is 0 Å². The molecule has 5 nitrogen and oxygen atoms in total. The molecule has 1 atom stereocenters. The molecular formula is C24H43N3O2. The van der Waals surface area contributed by atoms with Crippen LogP contribution in [-0.4, -0.2) is 36.0 Å². The van der Waals surface area contributed by atoms with E-state index in [1.165, 1.54) is 51.4 Å². The molecule has 5 heteroatoms. The number of hydrogen-bond acceptors (Lipinski definition) is 4. The van der Waals surface area contributed by atoms with Crippen molar-refractivity contribution in [2.75, 3.05) is 19.7 Å². The molecule has 0 radical (unpaired) electrons. The molecule has 1 aliphatic rings. The summed E-state index contributed by atoms with van der Waals surface area (Å²) in [6.45, 7) is 10.8. The maximum absolute atomic E-state index is 12.3. The lowest BCUT2D eigenvalue weighted by Crippen LogP contribution is -2.39. The molecule has 0 bridgehead atoms. The van der Waals surface area contributed by atoms with Crippen LogP contribution >= 0.6 is 0 Å². The number of nitriles is 1. The van der Waals surface area contributed by atoms with Crippen LogP contribution in [0.1, 0.15) is 98.3 Å². The molecule has 0 spiro atoms. The molecule has 1 fully saturated rings. The first kappa shape index (κ1) is 25.3. The molecule has 0 aromatic heterocycles. The monoisotopic (exact) mass is 405 g/mol. The summed E-state index contributed by atoms with van der Waals surface area (Å²) in [5.41, 5.74) is -0.0412. The van der Waals surface area contributed by atoms with E-state index in [0.29, 0.717) is 19.6 Å². The summed E-state index contributed by atoms with van der Waals surface area (Å²) in [4.78, 5) is 14.5. The topological polar surface area (TPSA) is 65.4 Å². The minimum atomic E-state index is -0.656. The highest BCUT2D eigenvalue weighted by molar-refractivity contribution is 5.81. The summed E-state index contributed by atoms with van der Waals surface area (Å²) in [5, 5.41) is 12.3. The third kappa shape index (κ3) is 9.56. The van der Waals surface area contributed by atoms with Crippen LogP contribution in [-0.2, 0) is 9.53 Å². The number of likely N-dealkylation sites (N-methyl/N-ethyl adjacent to an activating group) is 1.